The van der Waals surface area contributed by atoms with E-state index >= 15 is 0 Å². The molecule has 0 saturated heterocycles. The van der Waals surface area contributed by atoms with Gasteiger partial charge in [0.25, 0.3) is 6.43 Å². The molecule has 0 aliphatic rings. The zero-order valence-electron chi connectivity index (χ0n) is 6.85. The fourth-order valence-corrected chi connectivity index (χ4v) is 1.23. The normalized spacial score (nSPS) is 10.2. The van der Waals surface area contributed by atoms with Crippen LogP contribution in [0.15, 0.2) is 10.9 Å². The lowest BCUT2D eigenvalue weighted by Gasteiger charge is -2.05. The van der Waals surface area contributed by atoms with Crippen LogP contribution in [-0.4, -0.2) is 4.98 Å². The van der Waals surface area contributed by atoms with Crippen molar-refractivity contribution in [3.05, 3.63) is 32.7 Å². The van der Waals surface area contributed by atoms with Crippen molar-refractivity contribution >= 4 is 11.6 Å². The molecule has 0 spiro atoms. The first-order chi connectivity index (χ1) is 6.56. The summed E-state index contributed by atoms with van der Waals surface area (Å²) in [6, 6.07) is 2.78. The van der Waals surface area contributed by atoms with Crippen molar-refractivity contribution in [3.63, 3.8) is 0 Å². The molecule has 1 heterocycles. The van der Waals surface area contributed by atoms with Gasteiger partial charge < -0.3 is 4.98 Å². The molecule has 1 rings (SSSR count). The molecule has 14 heavy (non-hydrogen) atoms. The third kappa shape index (κ3) is 2.09. The summed E-state index contributed by atoms with van der Waals surface area (Å²) in [5, 5.41) is 8.11. The molecule has 0 bridgehead atoms. The number of alkyl halides is 2. The van der Waals surface area contributed by atoms with E-state index < -0.39 is 17.7 Å². The van der Waals surface area contributed by atoms with E-state index in [9.17, 15) is 13.6 Å². The van der Waals surface area contributed by atoms with Crippen molar-refractivity contribution in [1.29, 1.82) is 5.26 Å². The van der Waals surface area contributed by atoms with Crippen LogP contribution < -0.4 is 5.56 Å². The Morgan fingerprint density at radius 1 is 1.64 bits per heavy atom. The number of rotatable bonds is 2. The number of aromatic nitrogens is 1. The maximum absolute atomic E-state index is 12.3. The lowest BCUT2D eigenvalue weighted by Crippen LogP contribution is -2.11. The topological polar surface area (TPSA) is 56.6 Å². The highest BCUT2D eigenvalue weighted by atomic mass is 35.5. The Morgan fingerprint density at radius 3 is 2.79 bits per heavy atom. The second-order valence-electron chi connectivity index (χ2n) is 2.52. The number of hydrogen-bond donors (Lipinski definition) is 1. The largest absolute Gasteiger partial charge is 0.320 e. The van der Waals surface area contributed by atoms with E-state index in [2.05, 4.69) is 0 Å². The molecule has 1 N–H and O–H groups in total. The number of hydrogen-bond acceptors (Lipinski definition) is 2. The lowest BCUT2D eigenvalue weighted by molar-refractivity contribution is 0.146. The molecule has 0 amide bonds. The summed E-state index contributed by atoms with van der Waals surface area (Å²) in [7, 11) is 0. The monoisotopic (exact) mass is 218 g/mol. The number of H-pyrrole nitrogens is 1. The van der Waals surface area contributed by atoms with Gasteiger partial charge in [0, 0.05) is 6.07 Å². The van der Waals surface area contributed by atoms with E-state index in [0.717, 1.165) is 6.07 Å². The molecule has 0 aromatic carbocycles. The van der Waals surface area contributed by atoms with Crippen LogP contribution in [0.2, 0.25) is 5.02 Å². The maximum atomic E-state index is 12.3. The van der Waals surface area contributed by atoms with Crippen LogP contribution in [0, 0.1) is 11.3 Å². The molecular weight excluding hydrogens is 214 g/mol. The van der Waals surface area contributed by atoms with Crippen LogP contribution in [0.25, 0.3) is 0 Å². The molecule has 0 fully saturated rings. The van der Waals surface area contributed by atoms with Crippen molar-refractivity contribution in [2.45, 2.75) is 12.8 Å². The maximum Gasteiger partial charge on any atom is 0.279 e. The molecule has 0 saturated carbocycles. The van der Waals surface area contributed by atoms with Gasteiger partial charge in [-0.2, -0.15) is 5.26 Å². The summed E-state index contributed by atoms with van der Waals surface area (Å²) in [6.45, 7) is 0. The predicted octanol–water partition coefficient (Wildman–Crippen LogP) is 2.03. The minimum absolute atomic E-state index is 0.119. The van der Waals surface area contributed by atoms with Gasteiger partial charge in [-0.3, -0.25) is 4.79 Å². The van der Waals surface area contributed by atoms with Crippen LogP contribution in [0.4, 0.5) is 8.78 Å². The Balaban J connectivity index is 3.34. The van der Waals surface area contributed by atoms with Crippen LogP contribution >= 0.6 is 11.6 Å². The van der Waals surface area contributed by atoms with Crippen molar-refractivity contribution in [2.24, 2.45) is 0 Å². The van der Waals surface area contributed by atoms with Gasteiger partial charge >= 0.3 is 0 Å². The Kier molecular flexibility index (Phi) is 3.20. The molecule has 0 aliphatic heterocycles. The molecule has 6 heteroatoms. The van der Waals surface area contributed by atoms with Gasteiger partial charge in [-0.25, -0.2) is 8.78 Å². The van der Waals surface area contributed by atoms with Gasteiger partial charge in [0.1, 0.15) is 5.69 Å². The SMILES string of the molecule is N#CCc1cc(=O)[nH]c(C(F)F)c1Cl. The van der Waals surface area contributed by atoms with Gasteiger partial charge in [-0.05, 0) is 5.56 Å². The van der Waals surface area contributed by atoms with Gasteiger partial charge in [-0.15, -0.1) is 0 Å². The van der Waals surface area contributed by atoms with E-state index in [0.29, 0.717) is 0 Å². The van der Waals surface area contributed by atoms with Crippen LogP contribution in [-0.2, 0) is 6.42 Å². The number of nitrogens with one attached hydrogen (secondary N) is 1. The van der Waals surface area contributed by atoms with E-state index in [1.165, 1.54) is 0 Å². The second kappa shape index (κ2) is 4.20. The second-order valence-corrected chi connectivity index (χ2v) is 2.90. The molecule has 0 atom stereocenters. The van der Waals surface area contributed by atoms with Crippen molar-refractivity contribution in [3.8, 4) is 6.07 Å². The van der Waals surface area contributed by atoms with Crippen LogP contribution in [0.1, 0.15) is 17.7 Å². The number of nitrogens with zero attached hydrogens (tertiary/aromatic N) is 1. The molecule has 1 aromatic heterocycles. The van der Waals surface area contributed by atoms with Crippen molar-refractivity contribution in [1.82, 2.24) is 4.98 Å². The first-order valence-electron chi connectivity index (χ1n) is 3.63. The fraction of sp³-hybridized carbons (Fsp3) is 0.250. The number of halogens is 3. The Bertz CT molecular complexity index is 436. The van der Waals surface area contributed by atoms with Gasteiger partial charge in [0.15, 0.2) is 0 Å². The molecule has 0 radical (unpaired) electrons. The average Bonchev–Trinajstić information content (AvgIpc) is 2.10. The quantitative estimate of drug-likeness (QED) is 0.826. The zero-order valence-corrected chi connectivity index (χ0v) is 7.61. The summed E-state index contributed by atoms with van der Waals surface area (Å²) in [6.07, 6.45) is -3.02. The highest BCUT2D eigenvalue weighted by Crippen LogP contribution is 2.26. The fourth-order valence-electron chi connectivity index (χ4n) is 0.982. The third-order valence-corrected chi connectivity index (χ3v) is 2.02. The van der Waals surface area contributed by atoms with E-state index in [-0.39, 0.29) is 17.0 Å². The Hall–Kier alpha value is -1.41. The molecule has 0 unspecified atom stereocenters. The number of pyridine rings is 1. The van der Waals surface area contributed by atoms with E-state index in [1.807, 2.05) is 4.98 Å². The first kappa shape index (κ1) is 10.7. The summed E-state index contributed by atoms with van der Waals surface area (Å²) < 4.78 is 24.6. The van der Waals surface area contributed by atoms with E-state index in [1.54, 1.807) is 6.07 Å². The molecule has 3 nitrogen and oxygen atoms in total. The Labute approximate surface area is 82.9 Å². The summed E-state index contributed by atoms with van der Waals surface area (Å²) in [4.78, 5) is 12.8. The smallest absolute Gasteiger partial charge is 0.279 e. The molecule has 74 valence electrons. The highest BCUT2D eigenvalue weighted by Gasteiger charge is 2.16. The highest BCUT2D eigenvalue weighted by molar-refractivity contribution is 6.32. The first-order valence-corrected chi connectivity index (χ1v) is 4.00. The van der Waals surface area contributed by atoms with Gasteiger partial charge in [0.2, 0.25) is 5.56 Å². The van der Waals surface area contributed by atoms with Gasteiger partial charge in [-0.1, -0.05) is 11.6 Å². The van der Waals surface area contributed by atoms with Crippen LogP contribution in [0.3, 0.4) is 0 Å². The minimum Gasteiger partial charge on any atom is -0.320 e. The number of nitriles is 1. The summed E-state index contributed by atoms with van der Waals surface area (Å²) in [5.41, 5.74) is -1.20. The summed E-state index contributed by atoms with van der Waals surface area (Å²) in [5.74, 6) is 0. The Morgan fingerprint density at radius 2 is 2.29 bits per heavy atom. The molecular formula is C8H5ClF2N2O. The van der Waals surface area contributed by atoms with Crippen molar-refractivity contribution < 1.29 is 8.78 Å². The van der Waals surface area contributed by atoms with Crippen LogP contribution in [0.5, 0.6) is 0 Å². The zero-order chi connectivity index (χ0) is 10.7. The minimum atomic E-state index is -2.85. The molecule has 1 aromatic rings. The average molecular weight is 219 g/mol. The predicted molar refractivity (Wildman–Crippen MR) is 46.3 cm³/mol. The lowest BCUT2D eigenvalue weighted by atomic mass is 10.2. The third-order valence-electron chi connectivity index (χ3n) is 1.57. The summed E-state index contributed by atoms with van der Waals surface area (Å²) >= 11 is 5.55. The van der Waals surface area contributed by atoms with Crippen molar-refractivity contribution in [2.75, 3.05) is 0 Å². The molecule has 0 aliphatic carbocycles. The van der Waals surface area contributed by atoms with E-state index in [4.69, 9.17) is 16.9 Å². The van der Waals surface area contributed by atoms with Gasteiger partial charge in [0.05, 0.1) is 17.5 Å². The number of aromatic amines is 1. The standard InChI is InChI=1S/C8H5ClF2N2O/c9-6-4(1-2-12)3-5(14)13-7(6)8(10)11/h3,8H,1H2,(H,13,14).